The van der Waals surface area contributed by atoms with Crippen LogP contribution in [0.25, 0.3) is 0 Å². The van der Waals surface area contributed by atoms with E-state index < -0.39 is 10.2 Å². The standard InChI is InChI=1S/C13H19N3O2S/c14-13-5-3-4-11-10-16(9-6-12(11)13)19(17,18)15-7-1-2-8-15/h3-5H,1-2,6-10,14H2. The van der Waals surface area contributed by atoms with E-state index in [0.717, 1.165) is 29.7 Å². The molecule has 6 heteroatoms. The van der Waals surface area contributed by atoms with Crippen molar-refractivity contribution >= 4 is 15.9 Å². The molecule has 5 nitrogen and oxygen atoms in total. The van der Waals surface area contributed by atoms with Crippen molar-refractivity contribution in [3.05, 3.63) is 29.3 Å². The number of nitrogens with two attached hydrogens (primary N) is 1. The topological polar surface area (TPSA) is 66.6 Å². The minimum Gasteiger partial charge on any atom is -0.398 e. The fraction of sp³-hybridized carbons (Fsp3) is 0.538. The van der Waals surface area contributed by atoms with E-state index in [0.29, 0.717) is 32.6 Å². The summed E-state index contributed by atoms with van der Waals surface area (Å²) in [7, 11) is -3.29. The van der Waals surface area contributed by atoms with Gasteiger partial charge in [0.15, 0.2) is 0 Å². The summed E-state index contributed by atoms with van der Waals surface area (Å²) in [6.45, 7) is 2.28. The summed E-state index contributed by atoms with van der Waals surface area (Å²) >= 11 is 0. The molecule has 1 saturated heterocycles. The Morgan fingerprint density at radius 3 is 2.53 bits per heavy atom. The number of fused-ring (bicyclic) bond motifs is 1. The third-order valence-corrected chi connectivity index (χ3v) is 5.97. The molecule has 0 saturated carbocycles. The van der Waals surface area contributed by atoms with Gasteiger partial charge in [0.1, 0.15) is 0 Å². The van der Waals surface area contributed by atoms with E-state index in [4.69, 9.17) is 5.73 Å². The second kappa shape index (κ2) is 4.77. The zero-order chi connectivity index (χ0) is 13.5. The van der Waals surface area contributed by atoms with Gasteiger partial charge in [-0.2, -0.15) is 17.0 Å². The van der Waals surface area contributed by atoms with E-state index in [1.54, 1.807) is 8.61 Å². The lowest BCUT2D eigenvalue weighted by Crippen LogP contribution is -2.44. The second-order valence-electron chi connectivity index (χ2n) is 5.18. The van der Waals surface area contributed by atoms with Crippen LogP contribution in [0.1, 0.15) is 24.0 Å². The molecule has 2 aliphatic rings. The van der Waals surface area contributed by atoms with Crippen LogP contribution in [0.15, 0.2) is 18.2 Å². The van der Waals surface area contributed by atoms with Crippen molar-refractivity contribution in [1.29, 1.82) is 0 Å². The molecule has 104 valence electrons. The molecule has 0 aromatic heterocycles. The molecule has 2 aliphatic heterocycles. The molecule has 0 radical (unpaired) electrons. The molecular formula is C13H19N3O2S. The first kappa shape index (κ1) is 12.9. The Balaban J connectivity index is 1.85. The quantitative estimate of drug-likeness (QED) is 0.821. The molecule has 1 fully saturated rings. The normalized spacial score (nSPS) is 21.5. The molecular weight excluding hydrogens is 262 g/mol. The van der Waals surface area contributed by atoms with E-state index in [9.17, 15) is 8.42 Å². The van der Waals surface area contributed by atoms with E-state index in [1.165, 1.54) is 0 Å². The van der Waals surface area contributed by atoms with Crippen molar-refractivity contribution in [1.82, 2.24) is 8.61 Å². The summed E-state index contributed by atoms with van der Waals surface area (Å²) in [5.41, 5.74) is 8.86. The number of nitrogen functional groups attached to an aromatic ring is 1. The van der Waals surface area contributed by atoms with Crippen LogP contribution in [0.4, 0.5) is 5.69 Å². The Kier molecular flexibility index (Phi) is 3.24. The Morgan fingerprint density at radius 2 is 1.79 bits per heavy atom. The summed E-state index contributed by atoms with van der Waals surface area (Å²) in [5.74, 6) is 0. The highest BCUT2D eigenvalue weighted by Crippen LogP contribution is 2.27. The number of nitrogens with zero attached hydrogens (tertiary/aromatic N) is 2. The van der Waals surface area contributed by atoms with Crippen molar-refractivity contribution in [2.75, 3.05) is 25.4 Å². The summed E-state index contributed by atoms with van der Waals surface area (Å²) in [5, 5.41) is 0. The van der Waals surface area contributed by atoms with Crippen molar-refractivity contribution in [2.45, 2.75) is 25.8 Å². The SMILES string of the molecule is Nc1cccc2c1CCN(S(=O)(=O)N1CCCC1)C2. The van der Waals surface area contributed by atoms with Crippen LogP contribution in [-0.2, 0) is 23.2 Å². The molecule has 2 heterocycles. The lowest BCUT2D eigenvalue weighted by molar-refractivity contribution is 0.346. The summed E-state index contributed by atoms with van der Waals surface area (Å²) < 4.78 is 28.2. The number of anilines is 1. The van der Waals surface area contributed by atoms with Crippen LogP contribution in [0.5, 0.6) is 0 Å². The van der Waals surface area contributed by atoms with Crippen LogP contribution < -0.4 is 5.73 Å². The van der Waals surface area contributed by atoms with Gasteiger partial charge in [0, 0.05) is 31.9 Å². The van der Waals surface area contributed by atoms with Crippen molar-refractivity contribution in [3.8, 4) is 0 Å². The second-order valence-corrected chi connectivity index (χ2v) is 7.11. The van der Waals surface area contributed by atoms with E-state index in [1.807, 2.05) is 18.2 Å². The van der Waals surface area contributed by atoms with Gasteiger partial charge in [0.2, 0.25) is 0 Å². The Morgan fingerprint density at radius 1 is 1.05 bits per heavy atom. The maximum Gasteiger partial charge on any atom is 0.282 e. The molecule has 2 N–H and O–H groups in total. The predicted octanol–water partition coefficient (Wildman–Crippen LogP) is 0.968. The molecule has 0 aliphatic carbocycles. The van der Waals surface area contributed by atoms with Crippen molar-refractivity contribution < 1.29 is 8.42 Å². The maximum atomic E-state index is 12.5. The van der Waals surface area contributed by atoms with Gasteiger partial charge in [0.25, 0.3) is 10.2 Å². The van der Waals surface area contributed by atoms with Gasteiger partial charge in [-0.3, -0.25) is 0 Å². The highest BCUT2D eigenvalue weighted by atomic mass is 32.2. The fourth-order valence-electron chi connectivity index (χ4n) is 2.89. The molecule has 1 aromatic rings. The van der Waals surface area contributed by atoms with E-state index in [2.05, 4.69) is 0 Å². The zero-order valence-corrected chi connectivity index (χ0v) is 11.7. The molecule has 1 aromatic carbocycles. The number of hydrogen-bond acceptors (Lipinski definition) is 3. The lowest BCUT2D eigenvalue weighted by atomic mass is 9.99. The molecule has 0 atom stereocenters. The maximum absolute atomic E-state index is 12.5. The minimum absolute atomic E-state index is 0.444. The van der Waals surface area contributed by atoms with Crippen LogP contribution in [0.2, 0.25) is 0 Å². The zero-order valence-electron chi connectivity index (χ0n) is 10.9. The molecule has 0 unspecified atom stereocenters. The van der Waals surface area contributed by atoms with E-state index >= 15 is 0 Å². The third kappa shape index (κ3) is 2.24. The molecule has 0 amide bonds. The predicted molar refractivity (Wildman–Crippen MR) is 74.7 cm³/mol. The van der Waals surface area contributed by atoms with Crippen LogP contribution in [0, 0.1) is 0 Å². The molecule has 0 spiro atoms. The average Bonchev–Trinajstić information content (AvgIpc) is 2.93. The third-order valence-electron chi connectivity index (χ3n) is 3.98. The van der Waals surface area contributed by atoms with Crippen molar-refractivity contribution in [2.24, 2.45) is 0 Å². The monoisotopic (exact) mass is 281 g/mol. The first-order valence-corrected chi connectivity index (χ1v) is 8.10. The molecule has 0 bridgehead atoms. The smallest absolute Gasteiger partial charge is 0.282 e. The highest BCUT2D eigenvalue weighted by molar-refractivity contribution is 7.86. The minimum atomic E-state index is -3.29. The van der Waals surface area contributed by atoms with Gasteiger partial charge in [-0.05, 0) is 36.5 Å². The summed E-state index contributed by atoms with van der Waals surface area (Å²) in [6.07, 6.45) is 2.64. The average molecular weight is 281 g/mol. The first-order chi connectivity index (χ1) is 9.09. The largest absolute Gasteiger partial charge is 0.398 e. The van der Waals surface area contributed by atoms with Gasteiger partial charge in [0.05, 0.1) is 0 Å². The van der Waals surface area contributed by atoms with Crippen LogP contribution in [0.3, 0.4) is 0 Å². The Labute approximate surface area is 114 Å². The number of benzene rings is 1. The van der Waals surface area contributed by atoms with Crippen molar-refractivity contribution in [3.63, 3.8) is 0 Å². The summed E-state index contributed by atoms with van der Waals surface area (Å²) in [6, 6.07) is 5.74. The highest BCUT2D eigenvalue weighted by Gasteiger charge is 2.33. The van der Waals surface area contributed by atoms with E-state index in [-0.39, 0.29) is 0 Å². The van der Waals surface area contributed by atoms with Gasteiger partial charge in [-0.1, -0.05) is 12.1 Å². The van der Waals surface area contributed by atoms with Gasteiger partial charge in [-0.15, -0.1) is 0 Å². The first-order valence-electron chi connectivity index (χ1n) is 6.70. The summed E-state index contributed by atoms with van der Waals surface area (Å²) in [4.78, 5) is 0. The van der Waals surface area contributed by atoms with Crippen LogP contribution >= 0.6 is 0 Å². The number of rotatable bonds is 2. The van der Waals surface area contributed by atoms with Crippen LogP contribution in [-0.4, -0.2) is 36.7 Å². The van der Waals surface area contributed by atoms with Gasteiger partial charge >= 0.3 is 0 Å². The lowest BCUT2D eigenvalue weighted by Gasteiger charge is -2.31. The van der Waals surface area contributed by atoms with Gasteiger partial charge in [-0.25, -0.2) is 0 Å². The molecule has 3 rings (SSSR count). The fourth-order valence-corrected chi connectivity index (χ4v) is 4.56. The Hall–Kier alpha value is -1.11. The Bertz CT molecular complexity index is 580. The van der Waals surface area contributed by atoms with Gasteiger partial charge < -0.3 is 5.73 Å². The number of hydrogen-bond donors (Lipinski definition) is 1. The molecule has 19 heavy (non-hydrogen) atoms.